The molecule has 0 fully saturated rings. The maximum atomic E-state index is 13.0. The van der Waals surface area contributed by atoms with E-state index >= 15 is 0 Å². The molecule has 1 amide bonds. The van der Waals surface area contributed by atoms with Crippen molar-refractivity contribution in [2.75, 3.05) is 19.7 Å². The molecule has 0 saturated heterocycles. The second-order valence-corrected chi connectivity index (χ2v) is 9.60. The fourth-order valence-corrected chi connectivity index (χ4v) is 4.69. The van der Waals surface area contributed by atoms with Gasteiger partial charge in [-0.15, -0.1) is 0 Å². The lowest BCUT2D eigenvalue weighted by molar-refractivity contribution is -0.133. The molecule has 0 aromatic heterocycles. The standard InChI is InChI=1S/C28H42BrNO2/c1-3-5-7-9-11-15-21-30(22-16-12-10-8-6-4-2)27(31)23-32-26-20-19-24-17-13-14-18-25(24)28(26)29/h13-14,17-20H,3-12,15-16,21-23H2,1-2H3. The van der Waals surface area contributed by atoms with E-state index in [9.17, 15) is 4.79 Å². The first kappa shape index (κ1) is 26.7. The highest BCUT2D eigenvalue weighted by atomic mass is 79.9. The van der Waals surface area contributed by atoms with Gasteiger partial charge in [0.05, 0.1) is 4.47 Å². The van der Waals surface area contributed by atoms with Crippen LogP contribution in [0.4, 0.5) is 0 Å². The number of hydrogen-bond acceptors (Lipinski definition) is 2. The molecular formula is C28H42BrNO2. The first-order chi connectivity index (χ1) is 15.7. The second kappa shape index (κ2) is 16.1. The average Bonchev–Trinajstić information content (AvgIpc) is 2.81. The van der Waals surface area contributed by atoms with Gasteiger partial charge in [-0.25, -0.2) is 0 Å². The van der Waals surface area contributed by atoms with E-state index in [0.29, 0.717) is 0 Å². The van der Waals surface area contributed by atoms with Crippen LogP contribution in [0.25, 0.3) is 10.8 Å². The molecule has 178 valence electrons. The van der Waals surface area contributed by atoms with Gasteiger partial charge in [0.15, 0.2) is 6.61 Å². The van der Waals surface area contributed by atoms with Crippen LogP contribution in [-0.2, 0) is 4.79 Å². The third-order valence-corrected chi connectivity index (χ3v) is 6.91. The lowest BCUT2D eigenvalue weighted by Crippen LogP contribution is -2.36. The highest BCUT2D eigenvalue weighted by molar-refractivity contribution is 9.10. The molecule has 0 aliphatic rings. The molecule has 3 nitrogen and oxygen atoms in total. The summed E-state index contributed by atoms with van der Waals surface area (Å²) >= 11 is 3.66. The van der Waals surface area contributed by atoms with Crippen molar-refractivity contribution in [3.05, 3.63) is 40.9 Å². The number of fused-ring (bicyclic) bond motifs is 1. The fourth-order valence-electron chi connectivity index (χ4n) is 4.08. The maximum Gasteiger partial charge on any atom is 0.260 e. The summed E-state index contributed by atoms with van der Waals surface area (Å²) in [4.78, 5) is 15.0. The van der Waals surface area contributed by atoms with Crippen LogP contribution >= 0.6 is 15.9 Å². The van der Waals surface area contributed by atoms with Gasteiger partial charge < -0.3 is 9.64 Å². The smallest absolute Gasteiger partial charge is 0.260 e. The summed E-state index contributed by atoms with van der Waals surface area (Å²) in [5, 5.41) is 2.26. The molecule has 0 aliphatic carbocycles. The van der Waals surface area contributed by atoms with E-state index in [-0.39, 0.29) is 12.5 Å². The van der Waals surface area contributed by atoms with E-state index in [0.717, 1.165) is 46.9 Å². The van der Waals surface area contributed by atoms with Gasteiger partial charge in [0.2, 0.25) is 0 Å². The number of hydrogen-bond donors (Lipinski definition) is 0. The molecule has 2 aromatic carbocycles. The lowest BCUT2D eigenvalue weighted by atomic mass is 10.1. The van der Waals surface area contributed by atoms with Gasteiger partial charge in [-0.1, -0.05) is 108 Å². The molecule has 2 rings (SSSR count). The minimum absolute atomic E-state index is 0.0998. The van der Waals surface area contributed by atoms with Crippen LogP contribution in [0.3, 0.4) is 0 Å². The lowest BCUT2D eigenvalue weighted by Gasteiger charge is -2.23. The van der Waals surface area contributed by atoms with Crippen LogP contribution < -0.4 is 4.74 Å². The monoisotopic (exact) mass is 503 g/mol. The summed E-state index contributed by atoms with van der Waals surface area (Å²) in [6.45, 7) is 6.29. The molecule has 0 heterocycles. The number of amides is 1. The number of carbonyl (C=O) groups is 1. The summed E-state index contributed by atoms with van der Waals surface area (Å²) in [6.07, 6.45) is 14.9. The Kier molecular flexibility index (Phi) is 13.5. The van der Waals surface area contributed by atoms with Crippen LogP contribution in [0, 0.1) is 0 Å². The Bertz CT molecular complexity index is 776. The predicted molar refractivity (Wildman–Crippen MR) is 140 cm³/mol. The Morgan fingerprint density at radius 3 is 1.97 bits per heavy atom. The van der Waals surface area contributed by atoms with Gasteiger partial charge in [-0.2, -0.15) is 0 Å². The van der Waals surface area contributed by atoms with Crippen molar-refractivity contribution in [3.63, 3.8) is 0 Å². The zero-order chi connectivity index (χ0) is 23.0. The van der Waals surface area contributed by atoms with E-state index < -0.39 is 0 Å². The number of halogens is 1. The molecule has 0 aliphatic heterocycles. The van der Waals surface area contributed by atoms with Crippen LogP contribution in [0.1, 0.15) is 90.9 Å². The molecule has 0 unspecified atom stereocenters. The van der Waals surface area contributed by atoms with E-state index in [1.54, 1.807) is 0 Å². The van der Waals surface area contributed by atoms with Crippen molar-refractivity contribution in [2.45, 2.75) is 90.9 Å². The maximum absolute atomic E-state index is 13.0. The minimum atomic E-state index is 0.0998. The summed E-state index contributed by atoms with van der Waals surface area (Å²) in [6, 6.07) is 12.2. The number of nitrogens with zero attached hydrogens (tertiary/aromatic N) is 1. The van der Waals surface area contributed by atoms with Gasteiger partial charge in [0, 0.05) is 13.1 Å². The largest absolute Gasteiger partial charge is 0.483 e. The normalized spacial score (nSPS) is 11.1. The van der Waals surface area contributed by atoms with Crippen LogP contribution in [-0.4, -0.2) is 30.5 Å². The summed E-state index contributed by atoms with van der Waals surface area (Å²) in [5.41, 5.74) is 0. The summed E-state index contributed by atoms with van der Waals surface area (Å²) < 4.78 is 6.89. The first-order valence-electron chi connectivity index (χ1n) is 12.7. The molecular weight excluding hydrogens is 462 g/mol. The zero-order valence-corrected chi connectivity index (χ0v) is 21.8. The number of unbranched alkanes of at least 4 members (excludes halogenated alkanes) is 10. The van der Waals surface area contributed by atoms with Crippen LogP contribution in [0.15, 0.2) is 40.9 Å². The predicted octanol–water partition coefficient (Wildman–Crippen LogP) is 8.53. The van der Waals surface area contributed by atoms with E-state index in [4.69, 9.17) is 4.74 Å². The number of carbonyl (C=O) groups excluding carboxylic acids is 1. The molecule has 2 aromatic rings. The van der Waals surface area contributed by atoms with Crippen molar-refractivity contribution in [1.82, 2.24) is 4.90 Å². The van der Waals surface area contributed by atoms with Crippen molar-refractivity contribution in [2.24, 2.45) is 0 Å². The Balaban J connectivity index is 1.86. The topological polar surface area (TPSA) is 29.5 Å². The van der Waals surface area contributed by atoms with E-state index in [1.165, 1.54) is 64.2 Å². The average molecular weight is 505 g/mol. The molecule has 4 heteroatoms. The summed E-state index contributed by atoms with van der Waals surface area (Å²) in [7, 11) is 0. The SMILES string of the molecule is CCCCCCCCN(CCCCCCCC)C(=O)COc1ccc2ccccc2c1Br. The van der Waals surface area contributed by atoms with Gasteiger partial charge in [0.25, 0.3) is 5.91 Å². The first-order valence-corrected chi connectivity index (χ1v) is 13.5. The Morgan fingerprint density at radius 2 is 1.34 bits per heavy atom. The molecule has 0 bridgehead atoms. The highest BCUT2D eigenvalue weighted by Gasteiger charge is 2.15. The van der Waals surface area contributed by atoms with Gasteiger partial charge in [-0.3, -0.25) is 4.79 Å². The quantitative estimate of drug-likeness (QED) is 0.202. The summed E-state index contributed by atoms with van der Waals surface area (Å²) in [5.74, 6) is 0.836. The molecule has 0 N–H and O–H groups in total. The Labute approximate surface area is 204 Å². The number of rotatable bonds is 17. The van der Waals surface area contributed by atoms with Gasteiger partial charge in [-0.05, 0) is 45.6 Å². The molecule has 32 heavy (non-hydrogen) atoms. The number of benzene rings is 2. The number of ether oxygens (including phenoxy) is 1. The zero-order valence-electron chi connectivity index (χ0n) is 20.2. The molecule has 0 saturated carbocycles. The van der Waals surface area contributed by atoms with E-state index in [2.05, 4.69) is 41.9 Å². The fraction of sp³-hybridized carbons (Fsp3) is 0.607. The minimum Gasteiger partial charge on any atom is -0.483 e. The van der Waals surface area contributed by atoms with Crippen molar-refractivity contribution in [1.29, 1.82) is 0 Å². The van der Waals surface area contributed by atoms with E-state index in [1.807, 2.05) is 29.2 Å². The van der Waals surface area contributed by atoms with Gasteiger partial charge >= 0.3 is 0 Å². The van der Waals surface area contributed by atoms with Crippen molar-refractivity contribution < 1.29 is 9.53 Å². The molecule has 0 atom stereocenters. The van der Waals surface area contributed by atoms with Crippen LogP contribution in [0.5, 0.6) is 5.75 Å². The molecule has 0 radical (unpaired) electrons. The Hall–Kier alpha value is -1.55. The van der Waals surface area contributed by atoms with Crippen LogP contribution in [0.2, 0.25) is 0 Å². The highest BCUT2D eigenvalue weighted by Crippen LogP contribution is 2.33. The second-order valence-electron chi connectivity index (χ2n) is 8.80. The molecule has 0 spiro atoms. The third-order valence-electron chi connectivity index (χ3n) is 6.09. The third kappa shape index (κ3) is 9.52. The van der Waals surface area contributed by atoms with Crippen molar-refractivity contribution in [3.8, 4) is 5.75 Å². The van der Waals surface area contributed by atoms with Gasteiger partial charge in [0.1, 0.15) is 5.75 Å². The Morgan fingerprint density at radius 1 is 0.781 bits per heavy atom. The van der Waals surface area contributed by atoms with Crippen molar-refractivity contribution >= 4 is 32.6 Å².